The third-order valence-corrected chi connectivity index (χ3v) is 3.61. The van der Waals surface area contributed by atoms with Crippen LogP contribution in [-0.2, 0) is 9.53 Å². The normalized spacial score (nSPS) is 12.2. The number of hydrogen-bond donors (Lipinski definition) is 2. The lowest BCUT2D eigenvalue weighted by atomic mass is 10.1. The molecule has 0 aliphatic heterocycles. The highest BCUT2D eigenvalue weighted by Gasteiger charge is 2.17. The quantitative estimate of drug-likeness (QED) is 0.808. The highest BCUT2D eigenvalue weighted by atomic mass is 16.5. The summed E-state index contributed by atoms with van der Waals surface area (Å²) in [5.74, 6) is -0.863. The van der Waals surface area contributed by atoms with Gasteiger partial charge < -0.3 is 10.1 Å². The second-order valence-corrected chi connectivity index (χ2v) is 5.62. The zero-order chi connectivity index (χ0) is 17.0. The Kier molecular flexibility index (Phi) is 5.10. The third-order valence-electron chi connectivity index (χ3n) is 3.61. The number of nitrogens with zero attached hydrogens (tertiary/aromatic N) is 1. The van der Waals surface area contributed by atoms with Gasteiger partial charge in [-0.05, 0) is 18.9 Å². The van der Waals surface area contributed by atoms with E-state index >= 15 is 0 Å². The van der Waals surface area contributed by atoms with Crippen molar-refractivity contribution in [2.45, 2.75) is 26.8 Å². The van der Waals surface area contributed by atoms with E-state index in [9.17, 15) is 14.4 Å². The number of carbonyl (C=O) groups is 2. The lowest BCUT2D eigenvalue weighted by molar-refractivity contribution is -0.125. The van der Waals surface area contributed by atoms with Crippen LogP contribution in [0.1, 0.15) is 31.3 Å². The van der Waals surface area contributed by atoms with E-state index in [0.717, 1.165) is 0 Å². The van der Waals surface area contributed by atoms with Crippen molar-refractivity contribution >= 4 is 22.6 Å². The van der Waals surface area contributed by atoms with Gasteiger partial charge in [0, 0.05) is 11.4 Å². The average molecular weight is 317 g/mol. The van der Waals surface area contributed by atoms with E-state index in [-0.39, 0.29) is 29.1 Å². The summed E-state index contributed by atoms with van der Waals surface area (Å²) in [7, 11) is 0. The van der Waals surface area contributed by atoms with E-state index in [1.165, 1.54) is 0 Å². The van der Waals surface area contributed by atoms with Crippen molar-refractivity contribution in [2.75, 3.05) is 6.61 Å². The van der Waals surface area contributed by atoms with Gasteiger partial charge in [-0.3, -0.25) is 9.59 Å². The SMILES string of the molecule is CC(C)[C@H](C)NC(=O)COC(=O)c1n[nH]c(=O)c2ccccc12. The number of nitrogens with one attached hydrogen (secondary N) is 2. The summed E-state index contributed by atoms with van der Waals surface area (Å²) in [6.07, 6.45) is 0. The molecular formula is C16H19N3O4. The topological polar surface area (TPSA) is 101 Å². The van der Waals surface area contributed by atoms with E-state index in [4.69, 9.17) is 4.74 Å². The molecule has 2 rings (SSSR count). The van der Waals surface area contributed by atoms with Crippen LogP contribution < -0.4 is 10.9 Å². The first-order valence-electron chi connectivity index (χ1n) is 7.34. The van der Waals surface area contributed by atoms with Crippen LogP contribution in [0.25, 0.3) is 10.8 Å². The predicted octanol–water partition coefficient (Wildman–Crippen LogP) is 1.24. The Balaban J connectivity index is 2.09. The Hall–Kier alpha value is -2.70. The van der Waals surface area contributed by atoms with E-state index in [1.807, 2.05) is 20.8 Å². The molecule has 0 fully saturated rings. The maximum Gasteiger partial charge on any atom is 0.359 e. The highest BCUT2D eigenvalue weighted by molar-refractivity contribution is 6.02. The minimum Gasteiger partial charge on any atom is -0.451 e. The summed E-state index contributed by atoms with van der Waals surface area (Å²) in [5.41, 5.74) is -0.412. The Morgan fingerprint density at radius 2 is 1.87 bits per heavy atom. The van der Waals surface area contributed by atoms with Crippen LogP contribution in [0.4, 0.5) is 0 Å². The second-order valence-electron chi connectivity index (χ2n) is 5.62. The van der Waals surface area contributed by atoms with Gasteiger partial charge in [0.25, 0.3) is 11.5 Å². The molecule has 0 spiro atoms. The van der Waals surface area contributed by atoms with Gasteiger partial charge in [-0.1, -0.05) is 32.0 Å². The molecule has 2 aromatic rings. The van der Waals surface area contributed by atoms with Crippen LogP contribution in [0.5, 0.6) is 0 Å². The summed E-state index contributed by atoms with van der Waals surface area (Å²) < 4.78 is 4.98. The number of carbonyl (C=O) groups excluding carboxylic acids is 2. The summed E-state index contributed by atoms with van der Waals surface area (Å²) in [6, 6.07) is 6.55. The molecule has 0 unspecified atom stereocenters. The molecule has 1 aromatic heterocycles. The number of esters is 1. The van der Waals surface area contributed by atoms with Crippen molar-refractivity contribution in [3.05, 3.63) is 40.3 Å². The molecule has 0 aliphatic carbocycles. The Morgan fingerprint density at radius 1 is 1.22 bits per heavy atom. The van der Waals surface area contributed by atoms with Gasteiger partial charge in [0.1, 0.15) is 0 Å². The summed E-state index contributed by atoms with van der Waals surface area (Å²) >= 11 is 0. The molecule has 2 N–H and O–H groups in total. The lowest BCUT2D eigenvalue weighted by Crippen LogP contribution is -2.38. The largest absolute Gasteiger partial charge is 0.451 e. The summed E-state index contributed by atoms with van der Waals surface area (Å²) in [6.45, 7) is 5.44. The molecule has 0 aliphatic rings. The third kappa shape index (κ3) is 3.94. The zero-order valence-corrected chi connectivity index (χ0v) is 13.3. The van der Waals surface area contributed by atoms with Crippen LogP contribution in [0.2, 0.25) is 0 Å². The van der Waals surface area contributed by atoms with Crippen LogP contribution in [0.3, 0.4) is 0 Å². The molecule has 0 bridgehead atoms. The number of amides is 1. The molecule has 1 heterocycles. The van der Waals surface area contributed by atoms with Crippen LogP contribution in [-0.4, -0.2) is 34.7 Å². The molecule has 7 nitrogen and oxygen atoms in total. The number of H-pyrrole nitrogens is 1. The first kappa shape index (κ1) is 16.7. The van der Waals surface area contributed by atoms with Gasteiger partial charge in [-0.2, -0.15) is 5.10 Å². The monoisotopic (exact) mass is 317 g/mol. The van der Waals surface area contributed by atoms with Crippen molar-refractivity contribution in [1.29, 1.82) is 0 Å². The van der Waals surface area contributed by atoms with Crippen molar-refractivity contribution in [2.24, 2.45) is 5.92 Å². The van der Waals surface area contributed by atoms with Crippen molar-refractivity contribution in [3.8, 4) is 0 Å². The van der Waals surface area contributed by atoms with Gasteiger partial charge in [0.05, 0.1) is 5.39 Å². The van der Waals surface area contributed by atoms with Crippen LogP contribution >= 0.6 is 0 Å². The van der Waals surface area contributed by atoms with Gasteiger partial charge in [-0.25, -0.2) is 9.89 Å². The molecule has 0 saturated carbocycles. The lowest BCUT2D eigenvalue weighted by Gasteiger charge is -2.17. The molecule has 1 atom stereocenters. The fraction of sp³-hybridized carbons (Fsp3) is 0.375. The highest BCUT2D eigenvalue weighted by Crippen LogP contribution is 2.13. The Bertz CT molecular complexity index is 782. The summed E-state index contributed by atoms with van der Waals surface area (Å²) in [5, 5.41) is 9.45. The first-order chi connectivity index (χ1) is 10.9. The number of aromatic nitrogens is 2. The number of rotatable bonds is 5. The minimum absolute atomic E-state index is 0.0202. The van der Waals surface area contributed by atoms with Crippen molar-refractivity contribution < 1.29 is 14.3 Å². The zero-order valence-electron chi connectivity index (χ0n) is 13.3. The van der Waals surface area contributed by atoms with Gasteiger partial charge in [-0.15, -0.1) is 0 Å². The minimum atomic E-state index is -0.759. The number of benzene rings is 1. The molecule has 0 radical (unpaired) electrons. The molecule has 1 aromatic carbocycles. The van der Waals surface area contributed by atoms with E-state index in [0.29, 0.717) is 10.8 Å². The maximum atomic E-state index is 12.1. The summed E-state index contributed by atoms with van der Waals surface area (Å²) in [4.78, 5) is 35.5. The van der Waals surface area contributed by atoms with E-state index < -0.39 is 12.6 Å². The molecule has 23 heavy (non-hydrogen) atoms. The smallest absolute Gasteiger partial charge is 0.359 e. The number of aromatic amines is 1. The number of hydrogen-bond acceptors (Lipinski definition) is 5. The molecule has 0 saturated heterocycles. The van der Waals surface area contributed by atoms with Gasteiger partial charge >= 0.3 is 5.97 Å². The molecule has 122 valence electrons. The van der Waals surface area contributed by atoms with E-state index in [2.05, 4.69) is 15.5 Å². The standard InChI is InChI=1S/C16H19N3O4/c1-9(2)10(3)17-13(20)8-23-16(22)14-11-6-4-5-7-12(11)15(21)19-18-14/h4-7,9-10H,8H2,1-3H3,(H,17,20)(H,19,21)/t10-/m0/s1. The van der Waals surface area contributed by atoms with Crippen LogP contribution in [0, 0.1) is 5.92 Å². The van der Waals surface area contributed by atoms with E-state index in [1.54, 1.807) is 24.3 Å². The Morgan fingerprint density at radius 3 is 2.52 bits per heavy atom. The first-order valence-corrected chi connectivity index (χ1v) is 7.34. The predicted molar refractivity (Wildman–Crippen MR) is 85.1 cm³/mol. The molecule has 1 amide bonds. The van der Waals surface area contributed by atoms with Gasteiger partial charge in [0.2, 0.25) is 0 Å². The number of fused-ring (bicyclic) bond motifs is 1. The molecular weight excluding hydrogens is 298 g/mol. The fourth-order valence-corrected chi connectivity index (χ4v) is 1.93. The Labute approximate surface area is 133 Å². The maximum absolute atomic E-state index is 12.1. The fourth-order valence-electron chi connectivity index (χ4n) is 1.93. The van der Waals surface area contributed by atoms with Crippen molar-refractivity contribution in [3.63, 3.8) is 0 Å². The van der Waals surface area contributed by atoms with Crippen molar-refractivity contribution in [1.82, 2.24) is 15.5 Å². The van der Waals surface area contributed by atoms with Crippen LogP contribution in [0.15, 0.2) is 29.1 Å². The number of ether oxygens (including phenoxy) is 1. The average Bonchev–Trinajstić information content (AvgIpc) is 2.53. The molecule has 7 heteroatoms. The second kappa shape index (κ2) is 7.04. The van der Waals surface area contributed by atoms with Gasteiger partial charge in [0.15, 0.2) is 12.3 Å².